The summed E-state index contributed by atoms with van der Waals surface area (Å²) in [4.78, 5) is 28.9. The first kappa shape index (κ1) is 18.7. The maximum Gasteiger partial charge on any atom is 0.222 e. The summed E-state index contributed by atoms with van der Waals surface area (Å²) >= 11 is 0. The second-order valence-corrected chi connectivity index (χ2v) is 8.70. The number of amides is 2. The van der Waals surface area contributed by atoms with Crippen molar-refractivity contribution in [2.45, 2.75) is 77.6 Å². The van der Waals surface area contributed by atoms with Crippen LogP contribution in [0.3, 0.4) is 0 Å². The highest BCUT2D eigenvalue weighted by Gasteiger charge is 2.32. The minimum atomic E-state index is 0.294. The van der Waals surface area contributed by atoms with Crippen molar-refractivity contribution in [3.8, 4) is 0 Å². The quantitative estimate of drug-likeness (QED) is 0.708. The van der Waals surface area contributed by atoms with Crippen molar-refractivity contribution in [3.05, 3.63) is 0 Å². The van der Waals surface area contributed by atoms with Crippen LogP contribution in [0, 0.1) is 17.8 Å². The van der Waals surface area contributed by atoms with E-state index >= 15 is 0 Å². The summed E-state index contributed by atoms with van der Waals surface area (Å²) in [5, 5.41) is 0. The first-order valence-corrected chi connectivity index (χ1v) is 10.7. The highest BCUT2D eigenvalue weighted by atomic mass is 16.2. The van der Waals surface area contributed by atoms with Gasteiger partial charge in [0.05, 0.1) is 0 Å². The van der Waals surface area contributed by atoms with Gasteiger partial charge in [0.1, 0.15) is 0 Å². The molecule has 2 amide bonds. The minimum absolute atomic E-state index is 0.294. The lowest BCUT2D eigenvalue weighted by Crippen LogP contribution is -2.44. The van der Waals surface area contributed by atoms with E-state index in [9.17, 15) is 9.59 Å². The molecule has 142 valence electrons. The largest absolute Gasteiger partial charge is 0.343 e. The van der Waals surface area contributed by atoms with E-state index < -0.39 is 0 Å². The number of rotatable bonds is 5. The summed E-state index contributed by atoms with van der Waals surface area (Å²) in [5.41, 5.74) is 0. The molecule has 2 aliphatic heterocycles. The normalized spacial score (nSPS) is 27.9. The van der Waals surface area contributed by atoms with Crippen molar-refractivity contribution in [2.24, 2.45) is 17.8 Å². The van der Waals surface area contributed by atoms with E-state index in [1.165, 1.54) is 32.1 Å². The molecule has 0 spiro atoms. The highest BCUT2D eigenvalue weighted by Crippen LogP contribution is 2.36. The maximum absolute atomic E-state index is 12.5. The zero-order valence-corrected chi connectivity index (χ0v) is 16.0. The zero-order valence-electron chi connectivity index (χ0n) is 16.0. The lowest BCUT2D eigenvalue weighted by atomic mass is 9.75. The predicted octanol–water partition coefficient (Wildman–Crippen LogP) is 3.84. The topological polar surface area (TPSA) is 40.6 Å². The zero-order chi connectivity index (χ0) is 17.6. The molecule has 2 saturated heterocycles. The Morgan fingerprint density at radius 3 is 2.00 bits per heavy atom. The van der Waals surface area contributed by atoms with Crippen molar-refractivity contribution >= 4 is 11.8 Å². The Bertz CT molecular complexity index is 457. The lowest BCUT2D eigenvalue weighted by molar-refractivity contribution is -0.135. The Kier molecular flexibility index (Phi) is 6.77. The summed E-state index contributed by atoms with van der Waals surface area (Å²) in [6.07, 6.45) is 11.9. The monoisotopic (exact) mass is 348 g/mol. The van der Waals surface area contributed by atoms with Crippen LogP contribution in [0.25, 0.3) is 0 Å². The maximum atomic E-state index is 12.5. The van der Waals surface area contributed by atoms with Gasteiger partial charge in [-0.2, -0.15) is 0 Å². The average Bonchev–Trinajstić information content (AvgIpc) is 2.65. The number of carbonyl (C=O) groups excluding carboxylic acids is 2. The summed E-state index contributed by atoms with van der Waals surface area (Å²) < 4.78 is 0. The molecule has 1 saturated carbocycles. The molecule has 0 aromatic heterocycles. The molecule has 3 rings (SSSR count). The predicted molar refractivity (Wildman–Crippen MR) is 100 cm³/mol. The van der Waals surface area contributed by atoms with Gasteiger partial charge in [-0.05, 0) is 56.3 Å². The molecule has 0 aromatic carbocycles. The van der Waals surface area contributed by atoms with Gasteiger partial charge in [0.25, 0.3) is 0 Å². The van der Waals surface area contributed by atoms with Crippen LogP contribution in [0.2, 0.25) is 0 Å². The van der Waals surface area contributed by atoms with Crippen LogP contribution in [-0.2, 0) is 9.59 Å². The van der Waals surface area contributed by atoms with E-state index in [1.807, 2.05) is 4.90 Å². The minimum Gasteiger partial charge on any atom is -0.343 e. The summed E-state index contributed by atoms with van der Waals surface area (Å²) in [5.74, 6) is 3.01. The van der Waals surface area contributed by atoms with Gasteiger partial charge in [0, 0.05) is 39.0 Å². The van der Waals surface area contributed by atoms with Crippen molar-refractivity contribution in [1.82, 2.24) is 9.80 Å². The molecule has 0 N–H and O–H groups in total. The molecule has 0 aromatic rings. The van der Waals surface area contributed by atoms with Crippen LogP contribution < -0.4 is 0 Å². The van der Waals surface area contributed by atoms with Crippen LogP contribution in [0.5, 0.6) is 0 Å². The lowest BCUT2D eigenvalue weighted by Gasteiger charge is -2.41. The van der Waals surface area contributed by atoms with Crippen molar-refractivity contribution < 1.29 is 9.59 Å². The number of nitrogens with zero attached hydrogens (tertiary/aromatic N) is 2. The van der Waals surface area contributed by atoms with Gasteiger partial charge in [-0.15, -0.1) is 0 Å². The Morgan fingerprint density at radius 2 is 1.32 bits per heavy atom. The van der Waals surface area contributed by atoms with Gasteiger partial charge in [-0.1, -0.05) is 26.2 Å². The van der Waals surface area contributed by atoms with E-state index in [0.717, 1.165) is 69.6 Å². The number of piperidine rings is 2. The van der Waals surface area contributed by atoms with Gasteiger partial charge in [0.15, 0.2) is 0 Å². The molecule has 2 atom stereocenters. The van der Waals surface area contributed by atoms with Gasteiger partial charge in [-0.25, -0.2) is 0 Å². The fourth-order valence-electron chi connectivity index (χ4n) is 4.95. The molecule has 25 heavy (non-hydrogen) atoms. The van der Waals surface area contributed by atoms with Gasteiger partial charge >= 0.3 is 0 Å². The number of hydrogen-bond acceptors (Lipinski definition) is 2. The van der Waals surface area contributed by atoms with Crippen LogP contribution in [-0.4, -0.2) is 47.8 Å². The third kappa shape index (κ3) is 5.21. The van der Waals surface area contributed by atoms with Crippen molar-refractivity contribution in [1.29, 1.82) is 0 Å². The molecule has 1 aliphatic carbocycles. The van der Waals surface area contributed by atoms with Crippen LogP contribution in [0.1, 0.15) is 77.6 Å². The third-order valence-electron chi connectivity index (χ3n) is 6.81. The Labute approximate surface area is 153 Å². The number of carbonyl (C=O) groups is 2. The van der Waals surface area contributed by atoms with E-state index in [2.05, 4.69) is 11.8 Å². The molecule has 4 nitrogen and oxygen atoms in total. The van der Waals surface area contributed by atoms with Gasteiger partial charge in [-0.3, -0.25) is 9.59 Å². The smallest absolute Gasteiger partial charge is 0.222 e. The van der Waals surface area contributed by atoms with E-state index in [1.54, 1.807) is 0 Å². The molecular weight excluding hydrogens is 312 g/mol. The van der Waals surface area contributed by atoms with E-state index in [4.69, 9.17) is 0 Å². The molecule has 3 fully saturated rings. The van der Waals surface area contributed by atoms with Crippen LogP contribution in [0.15, 0.2) is 0 Å². The molecule has 0 bridgehead atoms. The Morgan fingerprint density at radius 1 is 0.760 bits per heavy atom. The first-order valence-electron chi connectivity index (χ1n) is 10.7. The number of unbranched alkanes of at least 4 members (excludes halogenated alkanes) is 1. The fraction of sp³-hybridized carbons (Fsp3) is 0.905. The second kappa shape index (κ2) is 9.05. The summed E-state index contributed by atoms with van der Waals surface area (Å²) in [6.45, 7) is 6.08. The standard InChI is InChI=1S/C21H36N2O2/c1-17-10-13-22(14-11-17)20(24)8-4-5-9-21(25)23-15-12-18-6-2-3-7-19(18)16-23/h17-19H,2-16H2,1H3. The molecule has 2 heterocycles. The molecule has 0 radical (unpaired) electrons. The fourth-order valence-corrected chi connectivity index (χ4v) is 4.95. The Hall–Kier alpha value is -1.06. The molecule has 3 aliphatic rings. The average molecular weight is 349 g/mol. The van der Waals surface area contributed by atoms with Gasteiger partial charge in [0.2, 0.25) is 11.8 Å². The summed E-state index contributed by atoms with van der Waals surface area (Å²) in [6, 6.07) is 0. The molecule has 2 unspecified atom stereocenters. The third-order valence-corrected chi connectivity index (χ3v) is 6.81. The van der Waals surface area contributed by atoms with E-state index in [-0.39, 0.29) is 0 Å². The number of hydrogen-bond donors (Lipinski definition) is 0. The number of fused-ring (bicyclic) bond motifs is 1. The SMILES string of the molecule is CC1CCN(C(=O)CCCCC(=O)N2CCC3CCCCC3C2)CC1. The Balaban J connectivity index is 1.31. The molecule has 4 heteroatoms. The van der Waals surface area contributed by atoms with Crippen LogP contribution in [0.4, 0.5) is 0 Å². The van der Waals surface area contributed by atoms with Crippen molar-refractivity contribution in [3.63, 3.8) is 0 Å². The highest BCUT2D eigenvalue weighted by molar-refractivity contribution is 5.77. The first-order chi connectivity index (χ1) is 12.1. The second-order valence-electron chi connectivity index (χ2n) is 8.70. The summed E-state index contributed by atoms with van der Waals surface area (Å²) in [7, 11) is 0. The van der Waals surface area contributed by atoms with Crippen molar-refractivity contribution in [2.75, 3.05) is 26.2 Å². The molecular formula is C21H36N2O2. The van der Waals surface area contributed by atoms with Crippen LogP contribution >= 0.6 is 0 Å². The van der Waals surface area contributed by atoms with E-state index in [0.29, 0.717) is 24.7 Å². The number of likely N-dealkylation sites (tertiary alicyclic amines) is 2. The van der Waals surface area contributed by atoms with Gasteiger partial charge < -0.3 is 9.80 Å².